The van der Waals surface area contributed by atoms with E-state index in [0.717, 1.165) is 0 Å². The number of isothiocyanates is 1. The topological polar surface area (TPSA) is 24.4 Å². The standard InChI is InChI=1S/C6H6N2S/c9-5-8-6-3-1-2-4-7-6/h1-4,6-7H. The first-order valence-corrected chi connectivity index (χ1v) is 3.00. The highest BCUT2D eigenvalue weighted by atomic mass is 32.1. The van der Waals surface area contributed by atoms with Gasteiger partial charge in [0.2, 0.25) is 0 Å². The van der Waals surface area contributed by atoms with E-state index in [0.29, 0.717) is 0 Å². The van der Waals surface area contributed by atoms with Crippen LogP contribution in [0.3, 0.4) is 0 Å². The quantitative estimate of drug-likeness (QED) is 0.433. The van der Waals surface area contributed by atoms with Gasteiger partial charge in [0.05, 0.1) is 5.16 Å². The third-order valence-corrected chi connectivity index (χ3v) is 1.06. The first-order valence-electron chi connectivity index (χ1n) is 2.60. The molecule has 1 aliphatic rings. The molecule has 1 unspecified atom stereocenters. The Morgan fingerprint density at radius 1 is 1.56 bits per heavy atom. The van der Waals surface area contributed by atoms with E-state index in [1.807, 2.05) is 24.4 Å². The number of hydrogen-bond acceptors (Lipinski definition) is 3. The SMILES string of the molecule is S=C=NC1C=CC=CN1. The van der Waals surface area contributed by atoms with Crippen molar-refractivity contribution in [2.45, 2.75) is 6.17 Å². The molecule has 0 fully saturated rings. The Kier molecular flexibility index (Phi) is 2.19. The molecule has 0 saturated carbocycles. The lowest BCUT2D eigenvalue weighted by atomic mass is 10.3. The Morgan fingerprint density at radius 2 is 2.44 bits per heavy atom. The molecule has 0 aromatic rings. The number of nitrogens with one attached hydrogen (secondary N) is 1. The largest absolute Gasteiger partial charge is 0.366 e. The van der Waals surface area contributed by atoms with E-state index in [4.69, 9.17) is 0 Å². The van der Waals surface area contributed by atoms with Crippen LogP contribution in [0.25, 0.3) is 0 Å². The van der Waals surface area contributed by atoms with Gasteiger partial charge in [0.1, 0.15) is 6.17 Å². The Morgan fingerprint density at radius 3 is 3.00 bits per heavy atom. The van der Waals surface area contributed by atoms with Gasteiger partial charge >= 0.3 is 0 Å². The first-order chi connectivity index (χ1) is 4.43. The van der Waals surface area contributed by atoms with Crippen LogP contribution in [0.2, 0.25) is 0 Å². The molecule has 46 valence electrons. The molecule has 1 N–H and O–H groups in total. The Labute approximate surface area is 59.0 Å². The molecule has 2 nitrogen and oxygen atoms in total. The summed E-state index contributed by atoms with van der Waals surface area (Å²) in [6, 6.07) is 0. The molecule has 0 bridgehead atoms. The van der Waals surface area contributed by atoms with E-state index in [-0.39, 0.29) is 6.17 Å². The monoisotopic (exact) mass is 138 g/mol. The van der Waals surface area contributed by atoms with Crippen molar-refractivity contribution in [3.05, 3.63) is 24.4 Å². The third-order valence-electron chi connectivity index (χ3n) is 0.960. The van der Waals surface area contributed by atoms with Crippen molar-refractivity contribution in [2.24, 2.45) is 4.99 Å². The maximum atomic E-state index is 4.42. The van der Waals surface area contributed by atoms with Crippen molar-refractivity contribution >= 4 is 17.4 Å². The average Bonchev–Trinajstić information content (AvgIpc) is 1.91. The summed E-state index contributed by atoms with van der Waals surface area (Å²) in [5.74, 6) is 0. The van der Waals surface area contributed by atoms with Gasteiger partial charge < -0.3 is 5.32 Å². The molecule has 9 heavy (non-hydrogen) atoms. The van der Waals surface area contributed by atoms with Crippen molar-refractivity contribution < 1.29 is 0 Å². The Hall–Kier alpha value is -0.920. The number of hydrogen-bond donors (Lipinski definition) is 1. The van der Waals surface area contributed by atoms with Crippen molar-refractivity contribution in [3.8, 4) is 0 Å². The van der Waals surface area contributed by atoms with Gasteiger partial charge in [-0.05, 0) is 30.6 Å². The molecule has 0 aliphatic carbocycles. The molecule has 3 heteroatoms. The molecule has 0 amide bonds. The zero-order valence-electron chi connectivity index (χ0n) is 4.74. The number of thiocarbonyl (C=S) groups is 1. The second-order valence-electron chi connectivity index (χ2n) is 1.58. The fourth-order valence-corrected chi connectivity index (χ4v) is 0.685. The molecule has 1 rings (SSSR count). The lowest BCUT2D eigenvalue weighted by Gasteiger charge is -2.07. The van der Waals surface area contributed by atoms with Gasteiger partial charge in [-0.25, -0.2) is 4.99 Å². The predicted molar refractivity (Wildman–Crippen MR) is 40.2 cm³/mol. The van der Waals surface area contributed by atoms with Crippen LogP contribution < -0.4 is 5.32 Å². The highest BCUT2D eigenvalue weighted by Crippen LogP contribution is 1.93. The highest BCUT2D eigenvalue weighted by Gasteiger charge is 1.96. The number of rotatable bonds is 1. The van der Waals surface area contributed by atoms with Crippen LogP contribution in [-0.2, 0) is 0 Å². The molecule has 1 heterocycles. The van der Waals surface area contributed by atoms with Gasteiger partial charge in [-0.1, -0.05) is 6.08 Å². The zero-order valence-corrected chi connectivity index (χ0v) is 5.56. The van der Waals surface area contributed by atoms with Crippen LogP contribution in [0.15, 0.2) is 29.4 Å². The Balaban J connectivity index is 2.55. The predicted octanol–water partition coefficient (Wildman–Crippen LogP) is 1.09. The van der Waals surface area contributed by atoms with Crippen LogP contribution in [0.4, 0.5) is 0 Å². The molecule has 1 aliphatic heterocycles. The van der Waals surface area contributed by atoms with Crippen molar-refractivity contribution in [2.75, 3.05) is 0 Å². The van der Waals surface area contributed by atoms with E-state index in [9.17, 15) is 0 Å². The van der Waals surface area contributed by atoms with E-state index >= 15 is 0 Å². The summed E-state index contributed by atoms with van der Waals surface area (Å²) in [7, 11) is 0. The Bertz CT molecular complexity index is 189. The van der Waals surface area contributed by atoms with Crippen molar-refractivity contribution in [3.63, 3.8) is 0 Å². The maximum absolute atomic E-state index is 4.42. The van der Waals surface area contributed by atoms with E-state index < -0.39 is 0 Å². The molecule has 0 radical (unpaired) electrons. The summed E-state index contributed by atoms with van der Waals surface area (Å²) in [6.07, 6.45) is 7.53. The number of allylic oxidation sites excluding steroid dienone is 2. The first kappa shape index (κ1) is 6.20. The average molecular weight is 138 g/mol. The van der Waals surface area contributed by atoms with Gasteiger partial charge in [-0.2, -0.15) is 0 Å². The van der Waals surface area contributed by atoms with E-state index in [1.165, 1.54) is 0 Å². The number of dihydropyridines is 1. The fraction of sp³-hybridized carbons (Fsp3) is 0.167. The summed E-state index contributed by atoms with van der Waals surface area (Å²) in [5.41, 5.74) is 0. The second kappa shape index (κ2) is 3.17. The van der Waals surface area contributed by atoms with Crippen LogP contribution in [0, 0.1) is 0 Å². The molecule has 0 saturated heterocycles. The van der Waals surface area contributed by atoms with Crippen LogP contribution in [-0.4, -0.2) is 11.3 Å². The minimum atomic E-state index is -0.00694. The molecular formula is C6H6N2S. The summed E-state index contributed by atoms with van der Waals surface area (Å²) in [5, 5.41) is 5.25. The van der Waals surface area contributed by atoms with Gasteiger partial charge in [0.15, 0.2) is 0 Å². The van der Waals surface area contributed by atoms with Crippen LogP contribution >= 0.6 is 12.2 Å². The molecule has 0 aromatic carbocycles. The van der Waals surface area contributed by atoms with Crippen molar-refractivity contribution in [1.29, 1.82) is 0 Å². The summed E-state index contributed by atoms with van der Waals surface area (Å²) in [6.45, 7) is 0. The normalized spacial score (nSPS) is 22.4. The summed E-state index contributed by atoms with van der Waals surface area (Å²) >= 11 is 4.42. The summed E-state index contributed by atoms with van der Waals surface area (Å²) < 4.78 is 0. The third kappa shape index (κ3) is 1.80. The minimum Gasteiger partial charge on any atom is -0.366 e. The number of aliphatic imine (C=N–C) groups is 1. The molecular weight excluding hydrogens is 132 g/mol. The smallest absolute Gasteiger partial charge is 0.147 e. The number of nitrogens with zero attached hydrogens (tertiary/aromatic N) is 1. The molecule has 0 aromatic heterocycles. The molecule has 1 atom stereocenters. The van der Waals surface area contributed by atoms with Crippen molar-refractivity contribution in [1.82, 2.24) is 5.32 Å². The lowest BCUT2D eigenvalue weighted by Crippen LogP contribution is -2.20. The highest BCUT2D eigenvalue weighted by molar-refractivity contribution is 7.78. The van der Waals surface area contributed by atoms with Gasteiger partial charge in [0, 0.05) is 0 Å². The maximum Gasteiger partial charge on any atom is 0.147 e. The lowest BCUT2D eigenvalue weighted by molar-refractivity contribution is 0.735. The zero-order chi connectivity index (χ0) is 6.53. The fourth-order valence-electron chi connectivity index (χ4n) is 0.572. The van der Waals surface area contributed by atoms with Gasteiger partial charge in [-0.15, -0.1) is 0 Å². The minimum absolute atomic E-state index is 0.00694. The van der Waals surface area contributed by atoms with Gasteiger partial charge in [-0.3, -0.25) is 0 Å². The van der Waals surface area contributed by atoms with E-state index in [2.05, 4.69) is 27.7 Å². The van der Waals surface area contributed by atoms with E-state index in [1.54, 1.807) is 0 Å². The molecule has 0 spiro atoms. The second-order valence-corrected chi connectivity index (χ2v) is 1.76. The van der Waals surface area contributed by atoms with Gasteiger partial charge in [0.25, 0.3) is 0 Å². The van der Waals surface area contributed by atoms with Crippen LogP contribution in [0.5, 0.6) is 0 Å². The van der Waals surface area contributed by atoms with Crippen LogP contribution in [0.1, 0.15) is 0 Å². The summed E-state index contributed by atoms with van der Waals surface area (Å²) in [4.78, 5) is 3.80.